The van der Waals surface area contributed by atoms with Crippen LogP contribution < -0.4 is 16.6 Å². The number of anilines is 2. The van der Waals surface area contributed by atoms with Crippen LogP contribution in [0.3, 0.4) is 0 Å². The molecule has 1 amide bonds. The Morgan fingerprint density at radius 3 is 2.72 bits per heavy atom. The molecule has 0 bridgehead atoms. The predicted octanol–water partition coefficient (Wildman–Crippen LogP) is 1.83. The van der Waals surface area contributed by atoms with E-state index in [-0.39, 0.29) is 11.9 Å². The number of nitrogens with zero attached hydrogens (tertiary/aromatic N) is 1. The fourth-order valence-corrected chi connectivity index (χ4v) is 1.58. The molecule has 0 aliphatic rings. The first-order valence-corrected chi connectivity index (χ1v) is 5.41. The van der Waals surface area contributed by atoms with Crippen LogP contribution in [0.15, 0.2) is 28.9 Å². The molecule has 0 radical (unpaired) electrons. The molecule has 0 atom stereocenters. The predicted molar refractivity (Wildman–Crippen MR) is 68.2 cm³/mol. The zero-order chi connectivity index (χ0) is 13.1. The molecule has 1 aromatic carbocycles. The van der Waals surface area contributed by atoms with Crippen LogP contribution in [0.25, 0.3) is 0 Å². The molecule has 0 saturated carbocycles. The van der Waals surface area contributed by atoms with E-state index in [1.54, 1.807) is 25.1 Å². The molecular weight excluding hydrogens is 232 g/mol. The Balaban J connectivity index is 2.18. The minimum absolute atomic E-state index is 0.193. The van der Waals surface area contributed by atoms with E-state index < -0.39 is 0 Å². The summed E-state index contributed by atoms with van der Waals surface area (Å²) in [6, 6.07) is 5.40. The zero-order valence-electron chi connectivity index (χ0n) is 10.2. The Hall–Kier alpha value is -2.34. The first-order valence-electron chi connectivity index (χ1n) is 5.41. The lowest BCUT2D eigenvalue weighted by molar-refractivity contribution is 0.102. The van der Waals surface area contributed by atoms with Crippen molar-refractivity contribution in [3.63, 3.8) is 0 Å². The second kappa shape index (κ2) is 4.89. The van der Waals surface area contributed by atoms with E-state index in [4.69, 9.17) is 10.3 Å². The molecule has 2 rings (SSSR count). The Bertz CT molecular complexity index is 577. The summed E-state index contributed by atoms with van der Waals surface area (Å²) in [5.41, 5.74) is 5.34. The molecule has 0 aliphatic carbocycles. The molecule has 1 heterocycles. The maximum atomic E-state index is 12.0. The number of hydrogen-bond donors (Lipinski definition) is 3. The van der Waals surface area contributed by atoms with Crippen molar-refractivity contribution in [3.8, 4) is 0 Å². The van der Waals surface area contributed by atoms with Gasteiger partial charge in [-0.05, 0) is 37.6 Å². The Kier molecular flexibility index (Phi) is 3.29. The minimum atomic E-state index is -0.266. The maximum absolute atomic E-state index is 12.0. The van der Waals surface area contributed by atoms with E-state index in [1.165, 1.54) is 6.26 Å². The number of nitrogens with two attached hydrogens (primary N) is 1. The van der Waals surface area contributed by atoms with Gasteiger partial charge in [0.05, 0.1) is 5.69 Å². The van der Waals surface area contributed by atoms with Crippen molar-refractivity contribution in [1.29, 1.82) is 0 Å². The zero-order valence-corrected chi connectivity index (χ0v) is 10.2. The van der Waals surface area contributed by atoms with Crippen molar-refractivity contribution in [2.24, 2.45) is 5.84 Å². The number of nitrogen functional groups attached to an aromatic ring is 1. The van der Waals surface area contributed by atoms with Crippen LogP contribution in [0.5, 0.6) is 0 Å². The maximum Gasteiger partial charge on any atom is 0.301 e. The highest BCUT2D eigenvalue weighted by Crippen LogP contribution is 2.16. The van der Waals surface area contributed by atoms with Gasteiger partial charge in [0, 0.05) is 11.3 Å². The summed E-state index contributed by atoms with van der Waals surface area (Å²) in [5.74, 6) is 5.03. The van der Waals surface area contributed by atoms with E-state index in [1.807, 2.05) is 6.92 Å². The highest BCUT2D eigenvalue weighted by molar-refractivity contribution is 6.04. The van der Waals surface area contributed by atoms with E-state index in [0.29, 0.717) is 11.3 Å². The molecule has 1 aromatic heterocycles. The molecule has 0 fully saturated rings. The van der Waals surface area contributed by atoms with Gasteiger partial charge in [-0.15, -0.1) is 0 Å². The molecule has 18 heavy (non-hydrogen) atoms. The smallest absolute Gasteiger partial charge is 0.301 e. The van der Waals surface area contributed by atoms with Crippen LogP contribution in [0.4, 0.5) is 11.7 Å². The normalized spacial score (nSPS) is 10.2. The molecule has 6 nitrogen and oxygen atoms in total. The molecular formula is C12H14N4O2. The van der Waals surface area contributed by atoms with Crippen LogP contribution >= 0.6 is 0 Å². The van der Waals surface area contributed by atoms with Crippen molar-refractivity contribution >= 4 is 17.6 Å². The molecule has 0 unspecified atom stereocenters. The van der Waals surface area contributed by atoms with Crippen LogP contribution in [0.2, 0.25) is 0 Å². The number of carbonyl (C=O) groups excluding carboxylic acids is 1. The summed E-state index contributed by atoms with van der Waals surface area (Å²) in [4.78, 5) is 16.0. The number of benzene rings is 1. The molecule has 4 N–H and O–H groups in total. The van der Waals surface area contributed by atoms with Crippen LogP contribution in [-0.4, -0.2) is 10.9 Å². The largest absolute Gasteiger partial charge is 0.432 e. The van der Waals surface area contributed by atoms with E-state index >= 15 is 0 Å². The van der Waals surface area contributed by atoms with Gasteiger partial charge in [-0.2, -0.15) is 4.98 Å². The van der Waals surface area contributed by atoms with Crippen molar-refractivity contribution < 1.29 is 9.21 Å². The second-order valence-electron chi connectivity index (χ2n) is 3.92. The summed E-state index contributed by atoms with van der Waals surface area (Å²) in [6.45, 7) is 3.61. The number of aromatic nitrogens is 1. The van der Waals surface area contributed by atoms with E-state index in [2.05, 4.69) is 15.7 Å². The third kappa shape index (κ3) is 2.49. The number of carbonyl (C=O) groups is 1. The van der Waals surface area contributed by atoms with Gasteiger partial charge in [0.25, 0.3) is 5.91 Å². The quantitative estimate of drug-likeness (QED) is 0.567. The molecule has 6 heteroatoms. The van der Waals surface area contributed by atoms with Crippen LogP contribution in [-0.2, 0) is 0 Å². The van der Waals surface area contributed by atoms with Crippen molar-refractivity contribution in [3.05, 3.63) is 41.3 Å². The van der Waals surface area contributed by atoms with Crippen LogP contribution in [0, 0.1) is 13.8 Å². The lowest BCUT2D eigenvalue weighted by Gasteiger charge is -2.07. The SMILES string of the molecule is Cc1coc(NC(=O)c2ccc(NN)cc2C)n1. The van der Waals surface area contributed by atoms with Crippen molar-refractivity contribution in [1.82, 2.24) is 4.98 Å². The highest BCUT2D eigenvalue weighted by atomic mass is 16.4. The first kappa shape index (κ1) is 12.1. The summed E-state index contributed by atoms with van der Waals surface area (Å²) in [5, 5.41) is 2.59. The van der Waals surface area contributed by atoms with Gasteiger partial charge < -0.3 is 9.84 Å². The average molecular weight is 246 g/mol. The number of rotatable bonds is 3. The molecule has 94 valence electrons. The number of hydrazine groups is 1. The van der Waals surface area contributed by atoms with Crippen LogP contribution in [0.1, 0.15) is 21.6 Å². The first-order chi connectivity index (χ1) is 8.60. The Labute approximate surface area is 104 Å². The average Bonchev–Trinajstić information content (AvgIpc) is 2.74. The van der Waals surface area contributed by atoms with E-state index in [9.17, 15) is 4.79 Å². The third-order valence-electron chi connectivity index (χ3n) is 2.48. The lowest BCUT2D eigenvalue weighted by Crippen LogP contribution is -2.14. The summed E-state index contributed by atoms with van der Waals surface area (Å²) in [7, 11) is 0. The Morgan fingerprint density at radius 2 is 2.17 bits per heavy atom. The standard InChI is InChI=1S/C12H14N4O2/c1-7-5-9(16-13)3-4-10(7)11(17)15-12-14-8(2)6-18-12/h3-6,16H,13H2,1-2H3,(H,14,15,17). The van der Waals surface area contributed by atoms with Gasteiger partial charge >= 0.3 is 6.01 Å². The lowest BCUT2D eigenvalue weighted by atomic mass is 10.1. The summed E-state index contributed by atoms with van der Waals surface area (Å²) >= 11 is 0. The highest BCUT2D eigenvalue weighted by Gasteiger charge is 2.12. The van der Waals surface area contributed by atoms with Crippen molar-refractivity contribution in [2.75, 3.05) is 10.7 Å². The number of amides is 1. The van der Waals surface area contributed by atoms with E-state index in [0.717, 1.165) is 11.3 Å². The topological polar surface area (TPSA) is 93.2 Å². The van der Waals surface area contributed by atoms with Gasteiger partial charge in [-0.25, -0.2) is 0 Å². The monoisotopic (exact) mass is 246 g/mol. The second-order valence-corrected chi connectivity index (χ2v) is 3.92. The summed E-state index contributed by atoms with van der Waals surface area (Å²) < 4.78 is 5.07. The molecule has 0 saturated heterocycles. The fraction of sp³-hybridized carbons (Fsp3) is 0.167. The molecule has 2 aromatic rings. The molecule has 0 aliphatic heterocycles. The third-order valence-corrected chi connectivity index (χ3v) is 2.48. The van der Waals surface area contributed by atoms with Gasteiger partial charge in [0.1, 0.15) is 6.26 Å². The molecule has 0 spiro atoms. The fourth-order valence-electron chi connectivity index (χ4n) is 1.58. The van der Waals surface area contributed by atoms with Gasteiger partial charge in [0.15, 0.2) is 0 Å². The van der Waals surface area contributed by atoms with Crippen molar-refractivity contribution in [2.45, 2.75) is 13.8 Å². The number of hydrogen-bond acceptors (Lipinski definition) is 5. The van der Waals surface area contributed by atoms with Gasteiger partial charge in [-0.1, -0.05) is 0 Å². The number of oxazole rings is 1. The minimum Gasteiger partial charge on any atom is -0.432 e. The van der Waals surface area contributed by atoms with Gasteiger partial charge in [-0.3, -0.25) is 16.0 Å². The Morgan fingerprint density at radius 1 is 1.39 bits per heavy atom. The summed E-state index contributed by atoms with van der Waals surface area (Å²) in [6.07, 6.45) is 1.48. The van der Waals surface area contributed by atoms with Gasteiger partial charge in [0.2, 0.25) is 0 Å². The number of aryl methyl sites for hydroxylation is 2. The number of nitrogens with one attached hydrogen (secondary N) is 2.